The molecular formula is C14H8O4. The molecule has 0 atom stereocenters. The lowest BCUT2D eigenvalue weighted by atomic mass is 10.0. The molecule has 0 aromatic heterocycles. The van der Waals surface area contributed by atoms with Crippen LogP contribution in [-0.2, 0) is 0 Å². The van der Waals surface area contributed by atoms with Gasteiger partial charge >= 0.3 is 0 Å². The number of rotatable bonds is 4. The lowest BCUT2D eigenvalue weighted by Gasteiger charge is -1.98. The van der Waals surface area contributed by atoms with Gasteiger partial charge in [0.05, 0.1) is 0 Å². The fourth-order valence-corrected chi connectivity index (χ4v) is 2.06. The van der Waals surface area contributed by atoms with Crippen molar-refractivity contribution >= 4 is 25.1 Å². The Morgan fingerprint density at radius 1 is 0.667 bits per heavy atom. The first kappa shape index (κ1) is 11.9. The van der Waals surface area contributed by atoms with Crippen molar-refractivity contribution in [1.29, 1.82) is 0 Å². The largest absolute Gasteiger partial charge is 0.298 e. The van der Waals surface area contributed by atoms with Crippen molar-refractivity contribution in [1.82, 2.24) is 0 Å². The summed E-state index contributed by atoms with van der Waals surface area (Å²) in [5.41, 5.74) is 1.30. The molecule has 0 aromatic carbocycles. The van der Waals surface area contributed by atoms with Crippen molar-refractivity contribution in [3.8, 4) is 11.1 Å². The summed E-state index contributed by atoms with van der Waals surface area (Å²) in [5.74, 6) is 0. The van der Waals surface area contributed by atoms with Gasteiger partial charge in [0.1, 0.15) is 0 Å². The quantitative estimate of drug-likeness (QED) is 0.767. The fraction of sp³-hybridized carbons (Fsp3) is 0. The molecule has 0 unspecified atom stereocenters. The van der Waals surface area contributed by atoms with Gasteiger partial charge in [-0.05, 0) is 5.56 Å². The Balaban J connectivity index is 3.03. The molecule has 0 amide bonds. The molecule has 0 saturated heterocycles. The highest BCUT2D eigenvalue weighted by Crippen LogP contribution is 2.35. The average Bonchev–Trinajstić information content (AvgIpc) is 2.55. The van der Waals surface area contributed by atoms with Crippen LogP contribution >= 0.6 is 0 Å². The predicted molar refractivity (Wildman–Crippen MR) is 64.6 cm³/mol. The van der Waals surface area contributed by atoms with Crippen molar-refractivity contribution < 1.29 is 19.2 Å². The molecule has 2 rings (SSSR count). The molecule has 18 heavy (non-hydrogen) atoms. The van der Waals surface area contributed by atoms with Gasteiger partial charge in [0.25, 0.3) is 0 Å². The maximum absolute atomic E-state index is 11.1. The molecular weight excluding hydrogens is 232 g/mol. The van der Waals surface area contributed by atoms with Crippen molar-refractivity contribution in [3.63, 3.8) is 0 Å². The van der Waals surface area contributed by atoms with Gasteiger partial charge in [0.2, 0.25) is 0 Å². The fourth-order valence-electron chi connectivity index (χ4n) is 2.06. The van der Waals surface area contributed by atoms with Crippen LogP contribution in [0.25, 0.3) is 11.1 Å². The van der Waals surface area contributed by atoms with E-state index < -0.39 is 0 Å². The summed E-state index contributed by atoms with van der Waals surface area (Å²) in [6.45, 7) is 0. The monoisotopic (exact) mass is 240 g/mol. The van der Waals surface area contributed by atoms with Crippen LogP contribution in [0.5, 0.6) is 0 Å². The molecule has 4 nitrogen and oxygen atoms in total. The van der Waals surface area contributed by atoms with Crippen LogP contribution in [0.1, 0.15) is 41.4 Å². The zero-order chi connectivity index (χ0) is 13.1. The molecule has 88 valence electrons. The first-order valence-electron chi connectivity index (χ1n) is 5.17. The van der Waals surface area contributed by atoms with E-state index in [1.54, 1.807) is 18.2 Å². The van der Waals surface area contributed by atoms with Crippen LogP contribution in [0, 0.1) is 0 Å². The number of hydrogen-bond acceptors (Lipinski definition) is 4. The van der Waals surface area contributed by atoms with Crippen molar-refractivity contribution in [3.05, 3.63) is 46.5 Å². The van der Waals surface area contributed by atoms with Gasteiger partial charge in [-0.15, -0.1) is 0 Å². The Hall–Kier alpha value is -2.62. The highest BCUT2D eigenvalue weighted by molar-refractivity contribution is 6.12. The Labute approximate surface area is 103 Å². The topological polar surface area (TPSA) is 68.3 Å². The first-order chi connectivity index (χ1) is 8.78. The molecule has 0 radical (unpaired) electrons. The third kappa shape index (κ3) is 1.55. The predicted octanol–water partition coefficient (Wildman–Crippen LogP) is 2.04. The second-order valence-corrected chi connectivity index (χ2v) is 3.67. The molecule has 2 aliphatic carbocycles. The lowest BCUT2D eigenvalue weighted by Crippen LogP contribution is -1.90. The third-order valence-corrected chi connectivity index (χ3v) is 2.83. The average molecular weight is 240 g/mol. The lowest BCUT2D eigenvalue weighted by molar-refractivity contribution is 0.108. The summed E-state index contributed by atoms with van der Waals surface area (Å²) >= 11 is 0. The van der Waals surface area contributed by atoms with E-state index in [-0.39, 0.29) is 22.3 Å². The van der Waals surface area contributed by atoms with E-state index in [9.17, 15) is 19.2 Å². The van der Waals surface area contributed by atoms with Crippen LogP contribution in [0.15, 0.2) is 24.3 Å². The smallest absolute Gasteiger partial charge is 0.151 e. The Bertz CT molecular complexity index is 628. The van der Waals surface area contributed by atoms with E-state index in [1.165, 1.54) is 6.07 Å². The summed E-state index contributed by atoms with van der Waals surface area (Å²) in [6, 6.07) is 6.41. The van der Waals surface area contributed by atoms with E-state index in [0.29, 0.717) is 36.3 Å². The maximum atomic E-state index is 11.1. The van der Waals surface area contributed by atoms with Crippen molar-refractivity contribution in [2.24, 2.45) is 0 Å². The van der Waals surface area contributed by atoms with E-state index >= 15 is 0 Å². The Morgan fingerprint density at radius 3 is 1.83 bits per heavy atom. The Morgan fingerprint density at radius 2 is 1.28 bits per heavy atom. The van der Waals surface area contributed by atoms with Gasteiger partial charge in [-0.2, -0.15) is 0 Å². The molecule has 0 saturated carbocycles. The van der Waals surface area contributed by atoms with E-state index in [2.05, 4.69) is 0 Å². The second kappa shape index (κ2) is 4.71. The molecule has 0 N–H and O–H groups in total. The first-order valence-corrected chi connectivity index (χ1v) is 5.17. The van der Waals surface area contributed by atoms with Crippen molar-refractivity contribution in [2.45, 2.75) is 0 Å². The van der Waals surface area contributed by atoms with E-state index in [1.807, 2.05) is 0 Å². The molecule has 0 fully saturated rings. The summed E-state index contributed by atoms with van der Waals surface area (Å²) < 4.78 is 0. The summed E-state index contributed by atoms with van der Waals surface area (Å²) in [5, 5.41) is 0. The van der Waals surface area contributed by atoms with Gasteiger partial charge in [-0.1, -0.05) is 24.3 Å². The van der Waals surface area contributed by atoms with Gasteiger partial charge < -0.3 is 0 Å². The molecule has 0 aromatic rings. The second-order valence-electron chi connectivity index (χ2n) is 3.67. The summed E-state index contributed by atoms with van der Waals surface area (Å²) in [6.07, 6.45) is 2.07. The third-order valence-electron chi connectivity index (χ3n) is 2.83. The highest BCUT2D eigenvalue weighted by Gasteiger charge is 2.23. The van der Waals surface area contributed by atoms with Gasteiger partial charge in [-0.3, -0.25) is 19.2 Å². The molecule has 2 aliphatic rings. The minimum Gasteiger partial charge on any atom is -0.298 e. The van der Waals surface area contributed by atoms with Crippen LogP contribution in [0.2, 0.25) is 0 Å². The van der Waals surface area contributed by atoms with Crippen LogP contribution in [0.4, 0.5) is 0 Å². The SMILES string of the molecule is O=Cc1ccccc2c(C=O)c(C=O)c(C=O)c1-2. The Kier molecular flexibility index (Phi) is 3.10. The van der Waals surface area contributed by atoms with Crippen LogP contribution in [-0.4, -0.2) is 25.1 Å². The zero-order valence-electron chi connectivity index (χ0n) is 9.25. The minimum atomic E-state index is 0.0318. The number of carbonyl (C=O) groups excluding carboxylic acids is 4. The standard InChI is InChI=1S/C14H8O4/c15-5-9-3-1-2-4-10-11(6-16)12(7-17)13(8-18)14(9)10/h1-8H. The van der Waals surface area contributed by atoms with Gasteiger partial charge in [-0.25, -0.2) is 0 Å². The normalized spacial score (nSPS) is 10.0. The van der Waals surface area contributed by atoms with Crippen molar-refractivity contribution in [2.75, 3.05) is 0 Å². The van der Waals surface area contributed by atoms with E-state index in [0.717, 1.165) is 0 Å². The summed E-state index contributed by atoms with van der Waals surface area (Å²) in [4.78, 5) is 44.2. The van der Waals surface area contributed by atoms with Crippen LogP contribution in [0.3, 0.4) is 0 Å². The number of carbonyl (C=O) groups is 4. The number of hydrogen-bond donors (Lipinski definition) is 0. The molecule has 0 bridgehead atoms. The highest BCUT2D eigenvalue weighted by atomic mass is 16.1. The molecule has 4 heteroatoms. The molecule has 0 heterocycles. The summed E-state index contributed by atoms with van der Waals surface area (Å²) in [7, 11) is 0. The van der Waals surface area contributed by atoms with Gasteiger partial charge in [0.15, 0.2) is 25.1 Å². The maximum Gasteiger partial charge on any atom is 0.151 e. The minimum absolute atomic E-state index is 0.0318. The number of aldehydes is 4. The molecule has 0 aliphatic heterocycles. The zero-order valence-corrected chi connectivity index (χ0v) is 9.25. The van der Waals surface area contributed by atoms with Crippen LogP contribution < -0.4 is 0 Å². The van der Waals surface area contributed by atoms with E-state index in [4.69, 9.17) is 0 Å². The number of fused-ring (bicyclic) bond motifs is 1. The van der Waals surface area contributed by atoms with Gasteiger partial charge in [0, 0.05) is 27.8 Å². The molecule has 0 spiro atoms.